The summed E-state index contributed by atoms with van der Waals surface area (Å²) in [6, 6.07) is 7.62. The third kappa shape index (κ3) is 2.91. The van der Waals surface area contributed by atoms with Crippen molar-refractivity contribution in [2.24, 2.45) is 0 Å². The summed E-state index contributed by atoms with van der Waals surface area (Å²) >= 11 is 0. The van der Waals surface area contributed by atoms with E-state index in [1.165, 1.54) is 7.11 Å². The number of carbonyl (C=O) groups is 2. The Hall–Kier alpha value is -1.92. The number of nitrogens with zero attached hydrogens (tertiary/aromatic N) is 1. The molecule has 1 saturated heterocycles. The third-order valence-corrected chi connectivity index (χ3v) is 2.97. The molecule has 6 nitrogen and oxygen atoms in total. The topological polar surface area (TPSA) is 76.1 Å². The molecule has 2 rings (SSSR count). The van der Waals surface area contributed by atoms with Crippen molar-refractivity contribution in [1.29, 1.82) is 0 Å². The average molecular weight is 265 g/mol. The predicted octanol–water partition coefficient (Wildman–Crippen LogP) is 0.714. The molecular formula is C13H15NO5. The van der Waals surface area contributed by atoms with Crippen LogP contribution in [-0.2, 0) is 14.4 Å². The van der Waals surface area contributed by atoms with Gasteiger partial charge in [-0.25, -0.2) is 4.79 Å². The van der Waals surface area contributed by atoms with Gasteiger partial charge in [-0.05, 0) is 25.0 Å². The lowest BCUT2D eigenvalue weighted by atomic mass is 10.2. The number of hydrogen-bond acceptors (Lipinski definition) is 6. The van der Waals surface area contributed by atoms with E-state index in [1.54, 1.807) is 30.3 Å². The van der Waals surface area contributed by atoms with Crippen molar-refractivity contribution in [3.63, 3.8) is 0 Å². The number of benzene rings is 1. The highest BCUT2D eigenvalue weighted by Gasteiger charge is 2.41. The molecule has 1 aromatic carbocycles. The van der Waals surface area contributed by atoms with E-state index in [2.05, 4.69) is 4.74 Å². The van der Waals surface area contributed by atoms with Gasteiger partial charge in [-0.1, -0.05) is 23.3 Å². The molecule has 1 aliphatic heterocycles. The molecule has 1 fully saturated rings. The Morgan fingerprint density at radius 3 is 2.58 bits per heavy atom. The number of rotatable bonds is 3. The molecule has 0 radical (unpaired) electrons. The molecule has 0 aliphatic carbocycles. The van der Waals surface area contributed by atoms with Crippen LogP contribution in [0.5, 0.6) is 0 Å². The maximum Gasteiger partial charge on any atom is 0.357 e. The standard InChI is InChI=1S/C13H15NO5/c1-18-13(17)10-7-8-11(15)14(10)19-12(16)9-5-3-2-4-6-9/h2-6,10-11,15H,7-8H2,1H3/t10-,11?/m0/s1. The second-order valence-corrected chi connectivity index (χ2v) is 4.20. The lowest BCUT2D eigenvalue weighted by Gasteiger charge is -2.23. The minimum atomic E-state index is -0.989. The smallest absolute Gasteiger partial charge is 0.357 e. The van der Waals surface area contributed by atoms with Gasteiger partial charge in [-0.3, -0.25) is 4.79 Å². The number of methoxy groups -OCH3 is 1. The lowest BCUT2D eigenvalue weighted by molar-refractivity contribution is -0.205. The van der Waals surface area contributed by atoms with E-state index >= 15 is 0 Å². The van der Waals surface area contributed by atoms with Crippen LogP contribution in [0.4, 0.5) is 0 Å². The van der Waals surface area contributed by atoms with Gasteiger partial charge < -0.3 is 14.7 Å². The van der Waals surface area contributed by atoms with Crippen LogP contribution >= 0.6 is 0 Å². The first-order valence-electron chi connectivity index (χ1n) is 5.95. The summed E-state index contributed by atoms with van der Waals surface area (Å²) in [6.07, 6.45) is -0.255. The molecule has 0 bridgehead atoms. The van der Waals surface area contributed by atoms with Crippen LogP contribution in [0.2, 0.25) is 0 Å². The fraction of sp³-hybridized carbons (Fsp3) is 0.385. The summed E-state index contributed by atoms with van der Waals surface area (Å²) in [6.45, 7) is 0. The van der Waals surface area contributed by atoms with Crippen molar-refractivity contribution in [3.8, 4) is 0 Å². The van der Waals surface area contributed by atoms with Crippen LogP contribution in [0, 0.1) is 0 Å². The summed E-state index contributed by atoms with van der Waals surface area (Å²) < 4.78 is 4.62. The van der Waals surface area contributed by atoms with Crippen LogP contribution in [0.1, 0.15) is 23.2 Å². The molecule has 19 heavy (non-hydrogen) atoms. The zero-order valence-corrected chi connectivity index (χ0v) is 10.5. The monoisotopic (exact) mass is 265 g/mol. The quantitative estimate of drug-likeness (QED) is 0.811. The van der Waals surface area contributed by atoms with Crippen molar-refractivity contribution in [3.05, 3.63) is 35.9 Å². The Balaban J connectivity index is 2.08. The summed E-state index contributed by atoms with van der Waals surface area (Å²) in [7, 11) is 1.25. The molecule has 0 amide bonds. The van der Waals surface area contributed by atoms with E-state index in [9.17, 15) is 14.7 Å². The second kappa shape index (κ2) is 5.81. The SMILES string of the molecule is COC(=O)[C@@H]1CCC(O)N1OC(=O)c1ccccc1. The molecule has 0 aromatic heterocycles. The Labute approximate surface area is 110 Å². The number of aliphatic hydroxyl groups excluding tert-OH is 1. The molecule has 0 saturated carbocycles. The number of esters is 1. The van der Waals surface area contributed by atoms with E-state index in [0.29, 0.717) is 18.4 Å². The van der Waals surface area contributed by atoms with Gasteiger partial charge in [-0.2, -0.15) is 0 Å². The van der Waals surface area contributed by atoms with Crippen molar-refractivity contribution in [2.45, 2.75) is 25.1 Å². The van der Waals surface area contributed by atoms with Crippen molar-refractivity contribution < 1.29 is 24.3 Å². The molecule has 102 valence electrons. The van der Waals surface area contributed by atoms with E-state index in [-0.39, 0.29) is 0 Å². The molecule has 2 atom stereocenters. The van der Waals surface area contributed by atoms with Gasteiger partial charge in [0, 0.05) is 0 Å². The van der Waals surface area contributed by atoms with Crippen LogP contribution in [0.25, 0.3) is 0 Å². The van der Waals surface area contributed by atoms with Crippen molar-refractivity contribution in [2.75, 3.05) is 7.11 Å². The van der Waals surface area contributed by atoms with E-state index in [1.807, 2.05) is 0 Å². The molecule has 6 heteroatoms. The minimum Gasteiger partial charge on any atom is -0.468 e. The molecule has 1 aliphatic rings. The normalized spacial score (nSPS) is 23.1. The molecule has 0 spiro atoms. The average Bonchev–Trinajstić information content (AvgIpc) is 2.80. The number of carbonyl (C=O) groups excluding carboxylic acids is 2. The Bertz CT molecular complexity index is 461. The Morgan fingerprint density at radius 2 is 1.95 bits per heavy atom. The van der Waals surface area contributed by atoms with E-state index < -0.39 is 24.2 Å². The van der Waals surface area contributed by atoms with Gasteiger partial charge in [0.05, 0.1) is 12.7 Å². The second-order valence-electron chi connectivity index (χ2n) is 4.20. The zero-order valence-electron chi connectivity index (χ0n) is 10.5. The van der Waals surface area contributed by atoms with Gasteiger partial charge in [0.25, 0.3) is 0 Å². The third-order valence-electron chi connectivity index (χ3n) is 2.97. The fourth-order valence-electron chi connectivity index (χ4n) is 1.97. The maximum atomic E-state index is 11.9. The first-order chi connectivity index (χ1) is 9.13. The first kappa shape index (κ1) is 13.5. The fourth-order valence-corrected chi connectivity index (χ4v) is 1.97. The summed E-state index contributed by atoms with van der Waals surface area (Å²) in [5, 5.41) is 10.7. The molecule has 1 unspecified atom stereocenters. The molecule has 1 heterocycles. The molecule has 1 aromatic rings. The summed E-state index contributed by atoms with van der Waals surface area (Å²) in [4.78, 5) is 28.5. The number of aliphatic hydroxyl groups is 1. The van der Waals surface area contributed by atoms with Gasteiger partial charge in [0.1, 0.15) is 12.3 Å². The van der Waals surface area contributed by atoms with E-state index in [0.717, 1.165) is 5.06 Å². The highest BCUT2D eigenvalue weighted by Crippen LogP contribution is 2.24. The van der Waals surface area contributed by atoms with Gasteiger partial charge in [-0.15, -0.1) is 0 Å². The highest BCUT2D eigenvalue weighted by molar-refractivity contribution is 5.89. The van der Waals surface area contributed by atoms with Crippen molar-refractivity contribution >= 4 is 11.9 Å². The Morgan fingerprint density at radius 1 is 1.26 bits per heavy atom. The van der Waals surface area contributed by atoms with Crippen LogP contribution < -0.4 is 0 Å². The summed E-state index contributed by atoms with van der Waals surface area (Å²) in [5.41, 5.74) is 0.352. The van der Waals surface area contributed by atoms with Crippen LogP contribution in [-0.4, -0.2) is 41.5 Å². The number of hydrogen-bond donors (Lipinski definition) is 1. The van der Waals surface area contributed by atoms with Gasteiger partial charge in [0.15, 0.2) is 0 Å². The largest absolute Gasteiger partial charge is 0.468 e. The van der Waals surface area contributed by atoms with Gasteiger partial charge in [0.2, 0.25) is 0 Å². The number of ether oxygens (including phenoxy) is 1. The molecule has 1 N–H and O–H groups in total. The maximum absolute atomic E-state index is 11.9. The predicted molar refractivity (Wildman–Crippen MR) is 64.7 cm³/mol. The summed E-state index contributed by atoms with van der Waals surface area (Å²) in [5.74, 6) is -1.15. The zero-order chi connectivity index (χ0) is 13.8. The highest BCUT2D eigenvalue weighted by atomic mass is 16.7. The number of hydroxylamine groups is 2. The van der Waals surface area contributed by atoms with Crippen molar-refractivity contribution in [1.82, 2.24) is 5.06 Å². The minimum absolute atomic E-state index is 0.349. The van der Waals surface area contributed by atoms with Crippen LogP contribution in [0.3, 0.4) is 0 Å². The lowest BCUT2D eigenvalue weighted by Crippen LogP contribution is -2.42. The Kier molecular flexibility index (Phi) is 4.13. The van der Waals surface area contributed by atoms with Crippen LogP contribution in [0.15, 0.2) is 30.3 Å². The van der Waals surface area contributed by atoms with Gasteiger partial charge >= 0.3 is 11.9 Å². The van der Waals surface area contributed by atoms with E-state index in [4.69, 9.17) is 4.84 Å². The first-order valence-corrected chi connectivity index (χ1v) is 5.95. The molecular weight excluding hydrogens is 250 g/mol.